The number of anilines is 1. The molecular formula is C17H23N3O. The van der Waals surface area contributed by atoms with Crippen LogP contribution in [-0.2, 0) is 11.3 Å². The number of methoxy groups -OCH3 is 1. The van der Waals surface area contributed by atoms with Crippen LogP contribution in [0.15, 0.2) is 30.3 Å². The van der Waals surface area contributed by atoms with Crippen molar-refractivity contribution < 1.29 is 4.74 Å². The molecule has 1 N–H and O–H groups in total. The molecule has 3 rings (SSSR count). The fourth-order valence-electron chi connectivity index (χ4n) is 3.14. The smallest absolute Gasteiger partial charge is 0.136 e. The summed E-state index contributed by atoms with van der Waals surface area (Å²) in [5.74, 6) is 1.74. The lowest BCUT2D eigenvalue weighted by Crippen LogP contribution is -2.23. The molecule has 0 bridgehead atoms. The molecule has 0 spiro atoms. The van der Waals surface area contributed by atoms with Crippen molar-refractivity contribution in [3.63, 3.8) is 0 Å². The van der Waals surface area contributed by atoms with E-state index in [1.165, 1.54) is 17.2 Å². The van der Waals surface area contributed by atoms with Crippen LogP contribution in [0.2, 0.25) is 0 Å². The normalized spacial score (nSPS) is 18.6. The topological polar surface area (TPSA) is 37.4 Å². The predicted molar refractivity (Wildman–Crippen MR) is 86.7 cm³/mol. The van der Waals surface area contributed by atoms with E-state index in [4.69, 9.17) is 9.72 Å². The van der Waals surface area contributed by atoms with Gasteiger partial charge in [-0.15, -0.1) is 0 Å². The van der Waals surface area contributed by atoms with Crippen molar-refractivity contribution in [2.75, 3.05) is 38.8 Å². The molecule has 2 heterocycles. The molecule has 1 aromatic heterocycles. The highest BCUT2D eigenvalue weighted by atomic mass is 16.5. The van der Waals surface area contributed by atoms with E-state index < -0.39 is 0 Å². The van der Waals surface area contributed by atoms with E-state index in [0.29, 0.717) is 5.92 Å². The van der Waals surface area contributed by atoms with Gasteiger partial charge in [-0.25, -0.2) is 4.98 Å². The monoisotopic (exact) mass is 285 g/mol. The average Bonchev–Trinajstić information content (AvgIpc) is 2.96. The molecule has 0 saturated carbocycles. The molecule has 2 aromatic rings. The molecule has 21 heavy (non-hydrogen) atoms. The third-order valence-electron chi connectivity index (χ3n) is 4.12. The lowest BCUT2D eigenvalue weighted by molar-refractivity contribution is 0.161. The molecule has 112 valence electrons. The van der Waals surface area contributed by atoms with Gasteiger partial charge in [0.05, 0.1) is 12.3 Å². The molecule has 1 atom stereocenters. The van der Waals surface area contributed by atoms with Crippen LogP contribution in [-0.4, -0.2) is 38.8 Å². The summed E-state index contributed by atoms with van der Waals surface area (Å²) in [5.41, 5.74) is 1.10. The zero-order valence-corrected chi connectivity index (χ0v) is 12.8. The summed E-state index contributed by atoms with van der Waals surface area (Å²) in [6, 6.07) is 10.7. The summed E-state index contributed by atoms with van der Waals surface area (Å²) in [5, 5.41) is 5.71. The lowest BCUT2D eigenvalue weighted by Gasteiger charge is -2.20. The molecule has 1 fully saturated rings. The van der Waals surface area contributed by atoms with Gasteiger partial charge in [0.1, 0.15) is 5.82 Å². The number of ether oxygens (including phenoxy) is 1. The van der Waals surface area contributed by atoms with Crippen molar-refractivity contribution in [1.82, 2.24) is 10.3 Å². The second-order valence-electron chi connectivity index (χ2n) is 5.74. The van der Waals surface area contributed by atoms with Gasteiger partial charge in [-0.2, -0.15) is 0 Å². The summed E-state index contributed by atoms with van der Waals surface area (Å²) in [4.78, 5) is 7.30. The van der Waals surface area contributed by atoms with Crippen LogP contribution in [0.5, 0.6) is 0 Å². The molecule has 4 heteroatoms. The largest absolute Gasteiger partial charge is 0.384 e. The molecule has 1 saturated heterocycles. The molecule has 1 aliphatic heterocycles. The van der Waals surface area contributed by atoms with E-state index in [1.807, 2.05) is 7.05 Å². The Kier molecular flexibility index (Phi) is 4.36. The van der Waals surface area contributed by atoms with Crippen molar-refractivity contribution in [3.8, 4) is 0 Å². The van der Waals surface area contributed by atoms with Crippen molar-refractivity contribution in [3.05, 3.63) is 36.0 Å². The molecule has 0 aliphatic carbocycles. The maximum Gasteiger partial charge on any atom is 0.136 e. The summed E-state index contributed by atoms with van der Waals surface area (Å²) in [6.07, 6.45) is 1.18. The zero-order valence-electron chi connectivity index (χ0n) is 12.8. The first kappa shape index (κ1) is 14.3. The fraction of sp³-hybridized carbons (Fsp3) is 0.471. The summed E-state index contributed by atoms with van der Waals surface area (Å²) in [7, 11) is 3.74. The Bertz CT molecular complexity index is 614. The van der Waals surface area contributed by atoms with E-state index in [2.05, 4.69) is 40.5 Å². The minimum absolute atomic E-state index is 0.614. The van der Waals surface area contributed by atoms with Gasteiger partial charge in [0.15, 0.2) is 0 Å². The van der Waals surface area contributed by atoms with Crippen molar-refractivity contribution in [1.29, 1.82) is 0 Å². The van der Waals surface area contributed by atoms with Crippen LogP contribution >= 0.6 is 0 Å². The molecule has 0 radical (unpaired) electrons. The van der Waals surface area contributed by atoms with Gasteiger partial charge < -0.3 is 15.0 Å². The highest BCUT2D eigenvalue weighted by Gasteiger charge is 2.24. The Balaban J connectivity index is 1.96. The first-order valence-corrected chi connectivity index (χ1v) is 7.59. The molecule has 0 amide bonds. The number of hydrogen-bond donors (Lipinski definition) is 1. The molecule has 1 aliphatic rings. The van der Waals surface area contributed by atoms with Gasteiger partial charge in [-0.3, -0.25) is 0 Å². The van der Waals surface area contributed by atoms with Crippen molar-refractivity contribution in [2.24, 2.45) is 5.92 Å². The second-order valence-corrected chi connectivity index (χ2v) is 5.74. The Hall–Kier alpha value is -1.65. The highest BCUT2D eigenvalue weighted by molar-refractivity contribution is 5.92. The zero-order chi connectivity index (χ0) is 14.7. The fourth-order valence-corrected chi connectivity index (χ4v) is 3.14. The third-order valence-corrected chi connectivity index (χ3v) is 4.12. The van der Waals surface area contributed by atoms with E-state index >= 15 is 0 Å². The average molecular weight is 285 g/mol. The first-order chi connectivity index (χ1) is 10.3. The Morgan fingerprint density at radius 1 is 1.38 bits per heavy atom. The number of fused-ring (bicyclic) bond motifs is 1. The minimum atomic E-state index is 0.614. The van der Waals surface area contributed by atoms with Crippen LogP contribution in [0.25, 0.3) is 10.8 Å². The van der Waals surface area contributed by atoms with Crippen molar-refractivity contribution >= 4 is 16.6 Å². The first-order valence-electron chi connectivity index (χ1n) is 7.59. The predicted octanol–water partition coefficient (Wildman–Crippen LogP) is 2.43. The Morgan fingerprint density at radius 3 is 3.05 bits per heavy atom. The van der Waals surface area contributed by atoms with E-state index in [0.717, 1.165) is 37.8 Å². The number of aromatic nitrogens is 1. The second kappa shape index (κ2) is 6.41. The third kappa shape index (κ3) is 3.01. The molecule has 4 nitrogen and oxygen atoms in total. The van der Waals surface area contributed by atoms with Crippen LogP contribution in [0.3, 0.4) is 0 Å². The maximum atomic E-state index is 5.30. The molecular weight excluding hydrogens is 262 g/mol. The number of rotatable bonds is 5. The summed E-state index contributed by atoms with van der Waals surface area (Å²) < 4.78 is 5.30. The van der Waals surface area contributed by atoms with E-state index in [9.17, 15) is 0 Å². The van der Waals surface area contributed by atoms with Gasteiger partial charge in [0, 0.05) is 38.0 Å². The SMILES string of the molecule is CNCc1cc2ccccc2c(N2CCC(COC)C2)n1. The summed E-state index contributed by atoms with van der Waals surface area (Å²) in [6.45, 7) is 3.74. The minimum Gasteiger partial charge on any atom is -0.384 e. The Morgan fingerprint density at radius 2 is 2.24 bits per heavy atom. The van der Waals surface area contributed by atoms with Crippen LogP contribution in [0.1, 0.15) is 12.1 Å². The number of nitrogens with zero attached hydrogens (tertiary/aromatic N) is 2. The van der Waals surface area contributed by atoms with E-state index in [-0.39, 0.29) is 0 Å². The van der Waals surface area contributed by atoms with Gasteiger partial charge in [-0.05, 0) is 24.9 Å². The number of pyridine rings is 1. The van der Waals surface area contributed by atoms with Gasteiger partial charge >= 0.3 is 0 Å². The molecule has 1 unspecified atom stereocenters. The Labute approximate surface area is 126 Å². The maximum absolute atomic E-state index is 5.30. The summed E-state index contributed by atoms with van der Waals surface area (Å²) >= 11 is 0. The highest BCUT2D eigenvalue weighted by Crippen LogP contribution is 2.30. The molecule has 1 aromatic carbocycles. The lowest BCUT2D eigenvalue weighted by atomic mass is 10.1. The van der Waals surface area contributed by atoms with Crippen molar-refractivity contribution in [2.45, 2.75) is 13.0 Å². The van der Waals surface area contributed by atoms with Gasteiger partial charge in [0.2, 0.25) is 0 Å². The van der Waals surface area contributed by atoms with Crippen LogP contribution in [0, 0.1) is 5.92 Å². The van der Waals surface area contributed by atoms with Crippen LogP contribution in [0.4, 0.5) is 5.82 Å². The number of nitrogens with one attached hydrogen (secondary N) is 1. The standard InChI is InChI=1S/C17H23N3O/c1-18-10-15-9-14-5-3-4-6-16(14)17(19-15)20-8-7-13(11-20)12-21-2/h3-6,9,13,18H,7-8,10-12H2,1-2H3. The van der Waals surface area contributed by atoms with Gasteiger partial charge in [-0.1, -0.05) is 24.3 Å². The van der Waals surface area contributed by atoms with Crippen LogP contribution < -0.4 is 10.2 Å². The number of benzene rings is 1. The van der Waals surface area contributed by atoms with Gasteiger partial charge in [0.25, 0.3) is 0 Å². The van der Waals surface area contributed by atoms with E-state index in [1.54, 1.807) is 7.11 Å². The number of hydrogen-bond acceptors (Lipinski definition) is 4. The quantitative estimate of drug-likeness (QED) is 0.915.